The van der Waals surface area contributed by atoms with Crippen molar-refractivity contribution in [2.45, 2.75) is 13.1 Å². The van der Waals surface area contributed by atoms with Crippen LogP contribution < -0.4 is 0 Å². The fourth-order valence-electron chi connectivity index (χ4n) is 1.43. The minimum absolute atomic E-state index is 0.0262. The third-order valence-corrected chi connectivity index (χ3v) is 3.65. The van der Waals surface area contributed by atoms with E-state index in [1.807, 2.05) is 18.2 Å². The molecule has 13 heavy (non-hydrogen) atoms. The highest BCUT2D eigenvalue weighted by Gasteiger charge is 2.15. The van der Waals surface area contributed by atoms with Crippen LogP contribution >= 0.6 is 0 Å². The van der Waals surface area contributed by atoms with Crippen molar-refractivity contribution < 1.29 is 0 Å². The van der Waals surface area contributed by atoms with E-state index in [0.717, 1.165) is 10.7 Å². The quantitative estimate of drug-likeness (QED) is 0.396. The summed E-state index contributed by atoms with van der Waals surface area (Å²) in [6.07, 6.45) is 20.0. The van der Waals surface area contributed by atoms with Crippen molar-refractivity contribution in [1.29, 1.82) is 0 Å². The second kappa shape index (κ2) is 4.08. The van der Waals surface area contributed by atoms with Gasteiger partial charge < -0.3 is 0 Å². The average Bonchev–Trinajstić information content (AvgIpc) is 2.16. The molecule has 0 heterocycles. The Kier molecular flexibility index (Phi) is 3.06. The summed E-state index contributed by atoms with van der Waals surface area (Å²) < 4.78 is 0. The van der Waals surface area contributed by atoms with Crippen molar-refractivity contribution in [1.82, 2.24) is 0 Å². The summed E-state index contributed by atoms with van der Waals surface area (Å²) >= 11 is 0. The van der Waals surface area contributed by atoms with Crippen LogP contribution in [0.3, 0.4) is 0 Å². The number of hydrogen-bond acceptors (Lipinski definition) is 0. The smallest absolute Gasteiger partial charge is 0.0614 e. The molecule has 62 valence electrons. The van der Waals surface area contributed by atoms with E-state index in [1.54, 1.807) is 0 Å². The van der Waals surface area contributed by atoms with Crippen molar-refractivity contribution >= 4 is 13.6 Å². The van der Waals surface area contributed by atoms with Gasteiger partial charge >= 0.3 is 0 Å². The molecule has 0 saturated heterocycles. The molecule has 0 fully saturated rings. The largest absolute Gasteiger partial charge is 0.0771 e. The third kappa shape index (κ3) is 1.88. The van der Waals surface area contributed by atoms with Crippen LogP contribution in [0.4, 0.5) is 0 Å². The van der Waals surface area contributed by atoms with Gasteiger partial charge in [0.1, 0.15) is 0 Å². The molecular formula is C12H10Si. The molecule has 1 rings (SSSR count). The van der Waals surface area contributed by atoms with Gasteiger partial charge in [-0.05, 0) is 24.1 Å². The van der Waals surface area contributed by atoms with E-state index in [4.69, 9.17) is 12.8 Å². The lowest BCUT2D eigenvalue weighted by Crippen LogP contribution is -2.22. The Bertz CT molecular complexity index is 376. The highest BCUT2D eigenvalue weighted by molar-refractivity contribution is 6.72. The SMILES string of the molecule is [C]#CC1=CC=CC(C#[C])C1=[Si](C)C. The van der Waals surface area contributed by atoms with Crippen molar-refractivity contribution in [2.24, 2.45) is 5.92 Å². The first-order chi connectivity index (χ1) is 6.20. The lowest BCUT2D eigenvalue weighted by atomic mass is 9.95. The monoisotopic (exact) mass is 182 g/mol. The molecule has 1 aliphatic carbocycles. The Morgan fingerprint density at radius 2 is 2.08 bits per heavy atom. The molecule has 2 radical (unpaired) electrons. The molecule has 1 atom stereocenters. The maximum atomic E-state index is 7.16. The molecule has 0 bridgehead atoms. The van der Waals surface area contributed by atoms with Gasteiger partial charge in [0.15, 0.2) is 0 Å². The molecule has 0 nitrogen and oxygen atoms in total. The first kappa shape index (κ1) is 9.77. The topological polar surface area (TPSA) is 0 Å². The Morgan fingerprint density at radius 1 is 1.38 bits per heavy atom. The van der Waals surface area contributed by atoms with Crippen LogP contribution in [0.25, 0.3) is 0 Å². The van der Waals surface area contributed by atoms with Gasteiger partial charge in [-0.3, -0.25) is 0 Å². The minimum Gasteiger partial charge on any atom is -0.0771 e. The highest BCUT2D eigenvalue weighted by atomic mass is 28.2. The standard InChI is InChI=1S/C12H10Si/c1-5-10-8-7-9-11(6-2)12(10)13(3)4/h7-10H,3-4H3. The van der Waals surface area contributed by atoms with E-state index in [1.165, 1.54) is 0 Å². The molecule has 0 saturated carbocycles. The average molecular weight is 182 g/mol. The third-order valence-electron chi connectivity index (χ3n) is 2.00. The zero-order valence-electron chi connectivity index (χ0n) is 7.81. The zero-order chi connectivity index (χ0) is 9.84. The van der Waals surface area contributed by atoms with Gasteiger partial charge in [0.2, 0.25) is 0 Å². The van der Waals surface area contributed by atoms with E-state index in [-0.39, 0.29) is 5.92 Å². The van der Waals surface area contributed by atoms with Crippen LogP contribution in [0.2, 0.25) is 13.1 Å². The van der Waals surface area contributed by atoms with Gasteiger partial charge in [0.05, 0.1) is 5.92 Å². The van der Waals surface area contributed by atoms with E-state index in [9.17, 15) is 0 Å². The molecule has 1 unspecified atom stereocenters. The summed E-state index contributed by atoms with van der Waals surface area (Å²) in [4.78, 5) is 0. The molecular weight excluding hydrogens is 172 g/mol. The molecule has 0 aromatic heterocycles. The van der Waals surface area contributed by atoms with Gasteiger partial charge in [0.25, 0.3) is 0 Å². The first-order valence-electron chi connectivity index (χ1n) is 4.12. The molecule has 0 N–H and O–H groups in total. The van der Waals surface area contributed by atoms with E-state index in [0.29, 0.717) is 0 Å². The minimum atomic E-state index is -0.624. The summed E-state index contributed by atoms with van der Waals surface area (Å²) in [5, 5.41) is 1.16. The predicted molar refractivity (Wildman–Crippen MR) is 57.5 cm³/mol. The Hall–Kier alpha value is -1.31. The molecule has 0 amide bonds. The van der Waals surface area contributed by atoms with Crippen LogP contribution in [0.15, 0.2) is 23.8 Å². The highest BCUT2D eigenvalue weighted by Crippen LogP contribution is 2.14. The van der Waals surface area contributed by atoms with Crippen LogP contribution in [0.5, 0.6) is 0 Å². The number of allylic oxidation sites excluding steroid dienone is 4. The van der Waals surface area contributed by atoms with Gasteiger partial charge in [-0.1, -0.05) is 37.1 Å². The molecule has 1 aliphatic rings. The first-order valence-corrected chi connectivity index (χ1v) is 6.62. The molecule has 0 spiro atoms. The van der Waals surface area contributed by atoms with E-state index < -0.39 is 8.41 Å². The summed E-state index contributed by atoms with van der Waals surface area (Å²) in [7, 11) is -0.624. The van der Waals surface area contributed by atoms with Crippen molar-refractivity contribution in [3.05, 3.63) is 36.6 Å². The van der Waals surface area contributed by atoms with Crippen LogP contribution in [0.1, 0.15) is 0 Å². The molecule has 0 aromatic carbocycles. The van der Waals surface area contributed by atoms with Gasteiger partial charge in [-0.25, -0.2) is 0 Å². The van der Waals surface area contributed by atoms with Crippen molar-refractivity contribution in [3.63, 3.8) is 0 Å². The van der Waals surface area contributed by atoms with Crippen molar-refractivity contribution in [3.8, 4) is 11.8 Å². The number of hydrogen-bond donors (Lipinski definition) is 0. The van der Waals surface area contributed by atoms with Crippen LogP contribution in [-0.2, 0) is 0 Å². The maximum Gasteiger partial charge on any atom is 0.0614 e. The lowest BCUT2D eigenvalue weighted by Gasteiger charge is -2.16. The second-order valence-corrected chi connectivity index (χ2v) is 5.66. The van der Waals surface area contributed by atoms with Crippen molar-refractivity contribution in [2.75, 3.05) is 0 Å². The predicted octanol–water partition coefficient (Wildman–Crippen LogP) is 1.79. The molecule has 0 aliphatic heterocycles. The van der Waals surface area contributed by atoms with E-state index >= 15 is 0 Å². The van der Waals surface area contributed by atoms with Gasteiger partial charge in [-0.15, -0.1) is 0 Å². The summed E-state index contributed by atoms with van der Waals surface area (Å²) in [6.45, 7) is 4.32. The lowest BCUT2D eigenvalue weighted by molar-refractivity contribution is 1.20. The summed E-state index contributed by atoms with van der Waals surface area (Å²) in [6, 6.07) is 0. The molecule has 0 aromatic rings. The number of rotatable bonds is 0. The normalized spacial score (nSPS) is 20.2. The summed E-state index contributed by atoms with van der Waals surface area (Å²) in [5.41, 5.74) is 0.839. The maximum absolute atomic E-state index is 7.16. The Morgan fingerprint density at radius 3 is 2.54 bits per heavy atom. The zero-order valence-corrected chi connectivity index (χ0v) is 8.81. The fraction of sp³-hybridized carbons (Fsp3) is 0.250. The van der Waals surface area contributed by atoms with E-state index in [2.05, 4.69) is 24.9 Å². The van der Waals surface area contributed by atoms with Crippen LogP contribution in [0, 0.1) is 30.6 Å². The fourth-order valence-corrected chi connectivity index (χ4v) is 2.90. The van der Waals surface area contributed by atoms with Gasteiger partial charge in [0, 0.05) is 14.0 Å². The molecule has 1 heteroatoms. The van der Waals surface area contributed by atoms with Gasteiger partial charge in [-0.2, -0.15) is 0 Å². The second-order valence-electron chi connectivity index (χ2n) is 3.13. The summed E-state index contributed by atoms with van der Waals surface area (Å²) in [5.74, 6) is 4.89. The Labute approximate surface area is 81.6 Å². The van der Waals surface area contributed by atoms with Crippen LogP contribution in [-0.4, -0.2) is 13.6 Å². The Balaban J connectivity index is 3.24.